The Morgan fingerprint density at radius 1 is 1.04 bits per heavy atom. The summed E-state index contributed by atoms with van der Waals surface area (Å²) in [5.41, 5.74) is 3.98. The highest BCUT2D eigenvalue weighted by molar-refractivity contribution is 5.95. The normalized spacial score (nSPS) is 13.4. The highest BCUT2D eigenvalue weighted by Gasteiger charge is 2.27. The highest BCUT2D eigenvalue weighted by Crippen LogP contribution is 2.31. The van der Waals surface area contributed by atoms with Gasteiger partial charge in [0.2, 0.25) is 0 Å². The number of para-hydroxylation sites is 1. The lowest BCUT2D eigenvalue weighted by Gasteiger charge is -2.28. The fourth-order valence-corrected chi connectivity index (χ4v) is 3.85. The molecule has 27 heavy (non-hydrogen) atoms. The standard InChI is InChI=1S/C22H22N2O3/c1-2-27-21(25)15-24-19-11-7-6-10-17(19)18-14-23(13-12-20(18)24)22(26)16-8-4-3-5-9-16/h3-11H,2,12-15H2,1H3. The maximum absolute atomic E-state index is 12.9. The van der Waals surface area contributed by atoms with Crippen molar-refractivity contribution in [1.29, 1.82) is 0 Å². The van der Waals surface area contributed by atoms with E-state index >= 15 is 0 Å². The quantitative estimate of drug-likeness (QED) is 0.669. The molecule has 1 aromatic heterocycles. The number of aromatic nitrogens is 1. The molecule has 1 aliphatic rings. The van der Waals surface area contributed by atoms with Crippen molar-refractivity contribution in [1.82, 2.24) is 9.47 Å². The van der Waals surface area contributed by atoms with Gasteiger partial charge in [0.15, 0.2) is 0 Å². The minimum Gasteiger partial charge on any atom is -0.465 e. The van der Waals surface area contributed by atoms with E-state index in [1.807, 2.05) is 64.9 Å². The van der Waals surface area contributed by atoms with Crippen molar-refractivity contribution in [2.75, 3.05) is 13.2 Å². The molecule has 0 spiro atoms. The largest absolute Gasteiger partial charge is 0.465 e. The first-order chi connectivity index (χ1) is 13.2. The summed E-state index contributed by atoms with van der Waals surface area (Å²) in [6.07, 6.45) is 0.724. The molecule has 2 aromatic carbocycles. The predicted octanol–water partition coefficient (Wildman–Crippen LogP) is 3.40. The van der Waals surface area contributed by atoms with Gasteiger partial charge in [0, 0.05) is 47.2 Å². The van der Waals surface area contributed by atoms with Gasteiger partial charge in [-0.25, -0.2) is 0 Å². The maximum atomic E-state index is 12.9. The van der Waals surface area contributed by atoms with Crippen LogP contribution >= 0.6 is 0 Å². The molecule has 0 saturated heterocycles. The molecule has 3 aromatic rings. The summed E-state index contributed by atoms with van der Waals surface area (Å²) < 4.78 is 7.20. The third-order valence-corrected chi connectivity index (χ3v) is 5.06. The first-order valence-corrected chi connectivity index (χ1v) is 9.28. The van der Waals surface area contributed by atoms with E-state index in [2.05, 4.69) is 6.07 Å². The highest BCUT2D eigenvalue weighted by atomic mass is 16.5. The van der Waals surface area contributed by atoms with Crippen LogP contribution in [0, 0.1) is 0 Å². The molecule has 1 amide bonds. The molecule has 0 unspecified atom stereocenters. The fraction of sp³-hybridized carbons (Fsp3) is 0.273. The Kier molecular flexibility index (Phi) is 4.67. The maximum Gasteiger partial charge on any atom is 0.325 e. The van der Waals surface area contributed by atoms with E-state index in [1.165, 1.54) is 0 Å². The number of benzene rings is 2. The van der Waals surface area contributed by atoms with Crippen LogP contribution in [0.25, 0.3) is 10.9 Å². The fourth-order valence-electron chi connectivity index (χ4n) is 3.85. The van der Waals surface area contributed by atoms with Crippen LogP contribution in [-0.4, -0.2) is 34.5 Å². The summed E-state index contributed by atoms with van der Waals surface area (Å²) in [7, 11) is 0. The van der Waals surface area contributed by atoms with E-state index in [0.29, 0.717) is 25.3 Å². The van der Waals surface area contributed by atoms with E-state index in [9.17, 15) is 9.59 Å². The Balaban J connectivity index is 1.69. The summed E-state index contributed by atoms with van der Waals surface area (Å²) in [6, 6.07) is 17.4. The SMILES string of the molecule is CCOC(=O)Cn1c2c(c3ccccc31)CN(C(=O)c1ccccc1)CC2. The van der Waals surface area contributed by atoms with Crippen LogP contribution in [0.2, 0.25) is 0 Å². The van der Waals surface area contributed by atoms with Crippen molar-refractivity contribution >= 4 is 22.8 Å². The van der Waals surface area contributed by atoms with E-state index in [1.54, 1.807) is 0 Å². The van der Waals surface area contributed by atoms with Crippen LogP contribution in [0.4, 0.5) is 0 Å². The number of carbonyl (C=O) groups excluding carboxylic acids is 2. The van der Waals surface area contributed by atoms with Crippen LogP contribution < -0.4 is 0 Å². The first-order valence-electron chi connectivity index (χ1n) is 9.28. The van der Waals surface area contributed by atoms with Gasteiger partial charge in [-0.05, 0) is 25.1 Å². The van der Waals surface area contributed by atoms with Gasteiger partial charge in [0.25, 0.3) is 5.91 Å². The van der Waals surface area contributed by atoms with Crippen molar-refractivity contribution < 1.29 is 14.3 Å². The minimum absolute atomic E-state index is 0.0449. The average Bonchev–Trinajstić information content (AvgIpc) is 3.01. The minimum atomic E-state index is -0.233. The van der Waals surface area contributed by atoms with Gasteiger partial charge in [0.1, 0.15) is 6.54 Å². The number of carbonyl (C=O) groups is 2. The topological polar surface area (TPSA) is 51.5 Å². The molecule has 0 atom stereocenters. The number of nitrogens with zero attached hydrogens (tertiary/aromatic N) is 2. The molecule has 138 valence electrons. The second-order valence-electron chi connectivity index (χ2n) is 6.68. The second kappa shape index (κ2) is 7.27. The van der Waals surface area contributed by atoms with Crippen LogP contribution in [-0.2, 0) is 29.0 Å². The Morgan fingerprint density at radius 3 is 2.56 bits per heavy atom. The molecule has 5 nitrogen and oxygen atoms in total. The molecular weight excluding hydrogens is 340 g/mol. The summed E-state index contributed by atoms with van der Waals surface area (Å²) in [4.78, 5) is 26.8. The Morgan fingerprint density at radius 2 is 1.78 bits per heavy atom. The molecular formula is C22H22N2O3. The van der Waals surface area contributed by atoms with Crippen LogP contribution in [0.15, 0.2) is 54.6 Å². The smallest absolute Gasteiger partial charge is 0.325 e. The molecule has 0 N–H and O–H groups in total. The number of rotatable bonds is 4. The van der Waals surface area contributed by atoms with Crippen molar-refractivity contribution in [2.24, 2.45) is 0 Å². The summed E-state index contributed by atoms with van der Waals surface area (Å²) in [5, 5.41) is 1.10. The van der Waals surface area contributed by atoms with E-state index in [-0.39, 0.29) is 18.4 Å². The molecule has 0 aliphatic carbocycles. The zero-order valence-corrected chi connectivity index (χ0v) is 15.4. The molecule has 1 aliphatic heterocycles. The second-order valence-corrected chi connectivity index (χ2v) is 6.68. The van der Waals surface area contributed by atoms with Gasteiger partial charge in [-0.1, -0.05) is 36.4 Å². The molecule has 4 rings (SSSR count). The number of fused-ring (bicyclic) bond motifs is 3. The number of ether oxygens (including phenoxy) is 1. The Hall–Kier alpha value is -3.08. The third-order valence-electron chi connectivity index (χ3n) is 5.06. The van der Waals surface area contributed by atoms with Gasteiger partial charge < -0.3 is 14.2 Å². The van der Waals surface area contributed by atoms with Crippen LogP contribution in [0.1, 0.15) is 28.5 Å². The van der Waals surface area contributed by atoms with Crippen molar-refractivity contribution in [2.45, 2.75) is 26.4 Å². The van der Waals surface area contributed by atoms with E-state index < -0.39 is 0 Å². The summed E-state index contributed by atoms with van der Waals surface area (Å²) >= 11 is 0. The van der Waals surface area contributed by atoms with Crippen molar-refractivity contribution in [3.63, 3.8) is 0 Å². The van der Waals surface area contributed by atoms with Crippen molar-refractivity contribution in [3.05, 3.63) is 71.4 Å². The predicted molar refractivity (Wildman–Crippen MR) is 103 cm³/mol. The van der Waals surface area contributed by atoms with Gasteiger partial charge >= 0.3 is 5.97 Å². The van der Waals surface area contributed by atoms with Gasteiger partial charge in [-0.15, -0.1) is 0 Å². The molecule has 0 radical (unpaired) electrons. The molecule has 0 fully saturated rings. The zero-order valence-electron chi connectivity index (χ0n) is 15.4. The van der Waals surface area contributed by atoms with E-state index in [0.717, 1.165) is 28.6 Å². The van der Waals surface area contributed by atoms with Gasteiger partial charge in [-0.2, -0.15) is 0 Å². The number of amides is 1. The Labute approximate surface area is 158 Å². The van der Waals surface area contributed by atoms with Crippen LogP contribution in [0.3, 0.4) is 0 Å². The monoisotopic (exact) mass is 362 g/mol. The number of esters is 1. The molecule has 0 saturated carbocycles. The summed E-state index contributed by atoms with van der Waals surface area (Å²) in [5.74, 6) is -0.188. The lowest BCUT2D eigenvalue weighted by atomic mass is 10.0. The Bertz CT molecular complexity index is 991. The number of hydrogen-bond donors (Lipinski definition) is 0. The summed E-state index contributed by atoms with van der Waals surface area (Å²) in [6.45, 7) is 3.59. The third kappa shape index (κ3) is 3.21. The van der Waals surface area contributed by atoms with E-state index in [4.69, 9.17) is 4.74 Å². The van der Waals surface area contributed by atoms with Crippen LogP contribution in [0.5, 0.6) is 0 Å². The zero-order chi connectivity index (χ0) is 18.8. The average molecular weight is 362 g/mol. The lowest BCUT2D eigenvalue weighted by molar-refractivity contribution is -0.143. The molecule has 0 bridgehead atoms. The first kappa shape index (κ1) is 17.3. The van der Waals surface area contributed by atoms with Gasteiger partial charge in [-0.3, -0.25) is 9.59 Å². The lowest BCUT2D eigenvalue weighted by Crippen LogP contribution is -2.36. The van der Waals surface area contributed by atoms with Gasteiger partial charge in [0.05, 0.1) is 6.61 Å². The molecule has 2 heterocycles. The van der Waals surface area contributed by atoms with Crippen molar-refractivity contribution in [3.8, 4) is 0 Å². The molecule has 5 heteroatoms. The number of hydrogen-bond acceptors (Lipinski definition) is 3.